The lowest BCUT2D eigenvalue weighted by molar-refractivity contribution is -0.123. The predicted molar refractivity (Wildman–Crippen MR) is 61.6 cm³/mol. The quantitative estimate of drug-likeness (QED) is 0.637. The summed E-state index contributed by atoms with van der Waals surface area (Å²) in [5.41, 5.74) is 5.71. The minimum atomic E-state index is -0.376. The molecule has 0 aliphatic heterocycles. The van der Waals surface area contributed by atoms with Gasteiger partial charge in [-0.3, -0.25) is 4.79 Å². The van der Waals surface area contributed by atoms with E-state index in [4.69, 9.17) is 10.5 Å². The van der Waals surface area contributed by atoms with Gasteiger partial charge in [-0.05, 0) is 20.3 Å². The molecule has 0 fully saturated rings. The van der Waals surface area contributed by atoms with E-state index in [1.807, 2.05) is 13.8 Å². The zero-order valence-corrected chi connectivity index (χ0v) is 10.1. The van der Waals surface area contributed by atoms with Crippen LogP contribution in [0.5, 0.6) is 0 Å². The summed E-state index contributed by atoms with van der Waals surface area (Å²) in [6.07, 6.45) is 2.87. The summed E-state index contributed by atoms with van der Waals surface area (Å²) in [4.78, 5) is 11.5. The highest BCUT2D eigenvalue weighted by molar-refractivity contribution is 5.81. The van der Waals surface area contributed by atoms with Crippen molar-refractivity contribution >= 4 is 5.91 Å². The zero-order valence-electron chi connectivity index (χ0n) is 10.1. The number of carbonyl (C=O) groups excluding carboxylic acids is 1. The summed E-state index contributed by atoms with van der Waals surface area (Å²) in [5.74, 6) is -0.0741. The van der Waals surface area contributed by atoms with Crippen LogP contribution in [0, 0.1) is 0 Å². The first kappa shape index (κ1) is 14.4. The molecule has 0 bridgehead atoms. The maximum Gasteiger partial charge on any atom is 0.237 e. The summed E-state index contributed by atoms with van der Waals surface area (Å²) in [6, 6.07) is -0.376. The van der Waals surface area contributed by atoms with Crippen molar-refractivity contribution in [3.63, 3.8) is 0 Å². The predicted octanol–water partition coefficient (Wildman–Crippen LogP) is 1.05. The third-order valence-corrected chi connectivity index (χ3v) is 2.22. The van der Waals surface area contributed by atoms with Crippen LogP contribution in [0.15, 0.2) is 0 Å². The monoisotopic (exact) mass is 216 g/mol. The number of nitrogens with one attached hydrogen (secondary N) is 1. The van der Waals surface area contributed by atoms with Crippen molar-refractivity contribution in [2.75, 3.05) is 13.2 Å². The van der Waals surface area contributed by atoms with Crippen molar-refractivity contribution in [1.82, 2.24) is 5.32 Å². The Bertz CT molecular complexity index is 174. The molecular formula is C11H24N2O2. The maximum atomic E-state index is 11.5. The summed E-state index contributed by atoms with van der Waals surface area (Å²) >= 11 is 0. The second-order valence-electron chi connectivity index (χ2n) is 3.76. The largest absolute Gasteiger partial charge is 0.377 e. The number of nitrogens with two attached hydrogens (primary N) is 1. The van der Waals surface area contributed by atoms with E-state index in [-0.39, 0.29) is 18.1 Å². The van der Waals surface area contributed by atoms with Gasteiger partial charge >= 0.3 is 0 Å². The van der Waals surface area contributed by atoms with E-state index in [1.54, 1.807) is 0 Å². The van der Waals surface area contributed by atoms with Gasteiger partial charge in [0.15, 0.2) is 0 Å². The number of hydrogen-bond donors (Lipinski definition) is 2. The van der Waals surface area contributed by atoms with E-state index >= 15 is 0 Å². The van der Waals surface area contributed by atoms with Crippen LogP contribution in [-0.2, 0) is 9.53 Å². The summed E-state index contributed by atoms with van der Waals surface area (Å²) < 4.78 is 5.30. The van der Waals surface area contributed by atoms with Crippen LogP contribution in [0.1, 0.15) is 40.0 Å². The summed E-state index contributed by atoms with van der Waals surface area (Å²) in [6.45, 7) is 7.15. The van der Waals surface area contributed by atoms with Gasteiger partial charge in [0.05, 0.1) is 12.1 Å². The smallest absolute Gasteiger partial charge is 0.237 e. The minimum absolute atomic E-state index is 0.0531. The van der Waals surface area contributed by atoms with Crippen molar-refractivity contribution in [2.24, 2.45) is 5.73 Å². The summed E-state index contributed by atoms with van der Waals surface area (Å²) in [7, 11) is 0. The Kier molecular flexibility index (Phi) is 8.33. The van der Waals surface area contributed by atoms with Gasteiger partial charge in [-0.2, -0.15) is 0 Å². The van der Waals surface area contributed by atoms with Gasteiger partial charge < -0.3 is 15.8 Å². The molecule has 4 nitrogen and oxygen atoms in total. The van der Waals surface area contributed by atoms with Crippen LogP contribution in [0.2, 0.25) is 0 Å². The van der Waals surface area contributed by atoms with Crippen LogP contribution in [0.3, 0.4) is 0 Å². The normalized spacial score (nSPS) is 14.7. The van der Waals surface area contributed by atoms with Crippen LogP contribution >= 0.6 is 0 Å². The molecule has 0 spiro atoms. The second-order valence-corrected chi connectivity index (χ2v) is 3.76. The molecular weight excluding hydrogens is 192 g/mol. The molecule has 0 radical (unpaired) electrons. The molecule has 4 heteroatoms. The first-order chi connectivity index (χ1) is 7.11. The van der Waals surface area contributed by atoms with Crippen LogP contribution in [0.4, 0.5) is 0 Å². The lowest BCUT2D eigenvalue weighted by Crippen LogP contribution is -2.43. The van der Waals surface area contributed by atoms with Gasteiger partial charge in [0.2, 0.25) is 5.91 Å². The Morgan fingerprint density at radius 2 is 2.13 bits per heavy atom. The highest BCUT2D eigenvalue weighted by atomic mass is 16.5. The van der Waals surface area contributed by atoms with Crippen LogP contribution in [-0.4, -0.2) is 31.2 Å². The Hall–Kier alpha value is -0.610. The minimum Gasteiger partial charge on any atom is -0.377 e. The van der Waals surface area contributed by atoms with Crippen LogP contribution < -0.4 is 11.1 Å². The molecule has 0 heterocycles. The molecule has 2 atom stereocenters. The molecule has 0 rings (SSSR count). The number of unbranched alkanes of at least 4 members (excludes halogenated alkanes) is 1. The third kappa shape index (κ3) is 7.33. The van der Waals surface area contributed by atoms with Crippen molar-refractivity contribution in [1.29, 1.82) is 0 Å². The molecule has 0 saturated heterocycles. The molecule has 2 unspecified atom stereocenters. The van der Waals surface area contributed by atoms with E-state index in [0.717, 1.165) is 19.3 Å². The Labute approximate surface area is 92.6 Å². The molecule has 0 aliphatic rings. The third-order valence-electron chi connectivity index (χ3n) is 2.22. The molecule has 0 aromatic rings. The first-order valence-electron chi connectivity index (χ1n) is 5.76. The van der Waals surface area contributed by atoms with E-state index in [9.17, 15) is 4.79 Å². The standard InChI is InChI=1S/C11H24N2O2/c1-4-6-7-10(12)11(14)13-8-9(3)15-5-2/h9-10H,4-8,12H2,1-3H3,(H,13,14). The fourth-order valence-electron chi connectivity index (χ4n) is 1.27. The number of rotatable bonds is 8. The molecule has 15 heavy (non-hydrogen) atoms. The van der Waals surface area contributed by atoms with Crippen molar-refractivity contribution < 1.29 is 9.53 Å². The van der Waals surface area contributed by atoms with Crippen molar-refractivity contribution in [3.8, 4) is 0 Å². The molecule has 0 aromatic carbocycles. The van der Waals surface area contributed by atoms with Crippen molar-refractivity contribution in [2.45, 2.75) is 52.2 Å². The van der Waals surface area contributed by atoms with E-state index in [0.29, 0.717) is 13.2 Å². The van der Waals surface area contributed by atoms with Gasteiger partial charge in [0.25, 0.3) is 0 Å². The van der Waals surface area contributed by atoms with Crippen molar-refractivity contribution in [3.05, 3.63) is 0 Å². The van der Waals surface area contributed by atoms with Gasteiger partial charge in [-0.25, -0.2) is 0 Å². The number of carbonyl (C=O) groups is 1. The highest BCUT2D eigenvalue weighted by Crippen LogP contribution is 1.98. The number of amides is 1. The maximum absolute atomic E-state index is 11.5. The number of ether oxygens (including phenoxy) is 1. The molecule has 1 amide bonds. The van der Waals surface area contributed by atoms with E-state index < -0.39 is 0 Å². The average Bonchev–Trinajstić information content (AvgIpc) is 2.22. The topological polar surface area (TPSA) is 64.4 Å². The lowest BCUT2D eigenvalue weighted by Gasteiger charge is -2.15. The van der Waals surface area contributed by atoms with Gasteiger partial charge in [0, 0.05) is 13.2 Å². The molecule has 0 saturated carbocycles. The Morgan fingerprint density at radius 1 is 1.47 bits per heavy atom. The highest BCUT2D eigenvalue weighted by Gasteiger charge is 2.13. The van der Waals surface area contributed by atoms with E-state index in [2.05, 4.69) is 12.2 Å². The van der Waals surface area contributed by atoms with Crippen LogP contribution in [0.25, 0.3) is 0 Å². The molecule has 0 aliphatic carbocycles. The fraction of sp³-hybridized carbons (Fsp3) is 0.909. The SMILES string of the molecule is CCCCC(N)C(=O)NCC(C)OCC. The van der Waals surface area contributed by atoms with Gasteiger partial charge in [0.1, 0.15) is 0 Å². The van der Waals surface area contributed by atoms with Gasteiger partial charge in [-0.1, -0.05) is 19.8 Å². The van der Waals surface area contributed by atoms with E-state index in [1.165, 1.54) is 0 Å². The first-order valence-corrected chi connectivity index (χ1v) is 5.76. The molecule has 0 aromatic heterocycles. The molecule has 90 valence electrons. The Morgan fingerprint density at radius 3 is 2.67 bits per heavy atom. The van der Waals surface area contributed by atoms with Gasteiger partial charge in [-0.15, -0.1) is 0 Å². The average molecular weight is 216 g/mol. The number of hydrogen-bond acceptors (Lipinski definition) is 3. The zero-order chi connectivity index (χ0) is 11.7. The molecule has 3 N–H and O–H groups in total. The summed E-state index contributed by atoms with van der Waals surface area (Å²) in [5, 5.41) is 2.79. The lowest BCUT2D eigenvalue weighted by atomic mass is 10.1. The second kappa shape index (κ2) is 8.68. The Balaban J connectivity index is 3.63. The fourth-order valence-corrected chi connectivity index (χ4v) is 1.27.